The number of carbonyl (C=O) groups is 1. The lowest BCUT2D eigenvalue weighted by Crippen LogP contribution is -2.27. The average molecular weight is 555 g/mol. The van der Waals surface area contributed by atoms with Crippen molar-refractivity contribution in [1.29, 1.82) is 0 Å². The minimum atomic E-state index is -0.368. The SMILES string of the molecule is CC1CCCC(n2cnc(-c3cc(Cl)ccc3-n3ccnc3)cc2=O)c2cc(ccn2)-c2c(cnn2C)NC1=O. The number of aryl methyl sites for hydroxylation is 1. The normalized spacial score (nSPS) is 17.4. The summed E-state index contributed by atoms with van der Waals surface area (Å²) in [6.07, 6.45) is 12.2. The molecule has 0 fully saturated rings. The number of hydrogen-bond donors (Lipinski definition) is 1. The Kier molecular flexibility index (Phi) is 6.77. The second kappa shape index (κ2) is 10.5. The number of anilines is 1. The van der Waals surface area contributed by atoms with Crippen molar-refractivity contribution in [2.24, 2.45) is 13.0 Å². The summed E-state index contributed by atoms with van der Waals surface area (Å²) >= 11 is 6.33. The zero-order valence-corrected chi connectivity index (χ0v) is 22.8. The second-order valence-electron chi connectivity index (χ2n) is 9.99. The third-order valence-corrected chi connectivity index (χ3v) is 7.58. The number of nitrogens with zero attached hydrogens (tertiary/aromatic N) is 7. The first-order valence-corrected chi connectivity index (χ1v) is 13.4. The van der Waals surface area contributed by atoms with Crippen LogP contribution in [0.2, 0.25) is 5.02 Å². The number of carbonyl (C=O) groups excluding carboxylic acids is 1. The quantitative estimate of drug-likeness (QED) is 0.340. The van der Waals surface area contributed by atoms with E-state index in [9.17, 15) is 9.59 Å². The van der Waals surface area contributed by atoms with Gasteiger partial charge in [-0.3, -0.25) is 23.8 Å². The summed E-state index contributed by atoms with van der Waals surface area (Å²) in [6.45, 7) is 1.91. The zero-order valence-electron chi connectivity index (χ0n) is 22.0. The van der Waals surface area contributed by atoms with Gasteiger partial charge >= 0.3 is 0 Å². The molecule has 0 aliphatic carbocycles. The van der Waals surface area contributed by atoms with E-state index in [1.807, 2.05) is 42.9 Å². The van der Waals surface area contributed by atoms with Crippen molar-refractivity contribution < 1.29 is 4.79 Å². The van der Waals surface area contributed by atoms with Crippen LogP contribution in [0.15, 0.2) is 78.6 Å². The van der Waals surface area contributed by atoms with E-state index in [1.54, 1.807) is 52.6 Å². The molecular formula is C29H27ClN8O2. The monoisotopic (exact) mass is 554 g/mol. The summed E-state index contributed by atoms with van der Waals surface area (Å²) in [4.78, 5) is 40.1. The van der Waals surface area contributed by atoms with Crippen LogP contribution in [0.5, 0.6) is 0 Å². The Balaban J connectivity index is 1.44. The molecular weight excluding hydrogens is 528 g/mol. The highest BCUT2D eigenvalue weighted by molar-refractivity contribution is 6.31. The van der Waals surface area contributed by atoms with Crippen LogP contribution in [0.1, 0.15) is 37.9 Å². The van der Waals surface area contributed by atoms with Crippen LogP contribution in [0.4, 0.5) is 5.69 Å². The molecule has 5 aromatic rings. The maximum absolute atomic E-state index is 13.7. The number of benzene rings is 1. The third-order valence-electron chi connectivity index (χ3n) is 7.34. The fraction of sp³-hybridized carbons (Fsp3) is 0.241. The molecule has 0 saturated carbocycles. The van der Waals surface area contributed by atoms with Crippen molar-refractivity contribution in [3.63, 3.8) is 0 Å². The van der Waals surface area contributed by atoms with Crippen molar-refractivity contribution >= 4 is 23.2 Å². The van der Waals surface area contributed by atoms with Crippen LogP contribution in [-0.2, 0) is 11.8 Å². The van der Waals surface area contributed by atoms with Gasteiger partial charge in [-0.1, -0.05) is 24.9 Å². The molecule has 11 heteroatoms. The lowest BCUT2D eigenvalue weighted by atomic mass is 9.97. The van der Waals surface area contributed by atoms with Crippen LogP contribution in [0.25, 0.3) is 28.2 Å². The van der Waals surface area contributed by atoms with Crippen molar-refractivity contribution in [3.8, 4) is 28.2 Å². The van der Waals surface area contributed by atoms with Crippen LogP contribution in [0.3, 0.4) is 0 Å². The first-order chi connectivity index (χ1) is 19.4. The molecule has 5 heterocycles. The lowest BCUT2D eigenvalue weighted by molar-refractivity contribution is -0.119. The molecule has 1 amide bonds. The van der Waals surface area contributed by atoms with E-state index in [2.05, 4.69) is 20.4 Å². The summed E-state index contributed by atoms with van der Waals surface area (Å²) in [5.74, 6) is -0.264. The Bertz CT molecular complexity index is 1760. The maximum atomic E-state index is 13.7. The van der Waals surface area contributed by atoms with Gasteiger partial charge in [0.1, 0.15) is 0 Å². The number of pyridine rings is 1. The molecule has 202 valence electrons. The van der Waals surface area contributed by atoms with E-state index in [0.717, 1.165) is 34.6 Å². The van der Waals surface area contributed by atoms with E-state index in [0.29, 0.717) is 29.2 Å². The largest absolute Gasteiger partial charge is 0.323 e. The van der Waals surface area contributed by atoms with Gasteiger partial charge in [0.05, 0.1) is 53.3 Å². The Labute approximate surface area is 235 Å². The fourth-order valence-corrected chi connectivity index (χ4v) is 5.39. The van der Waals surface area contributed by atoms with Crippen molar-refractivity contribution in [2.45, 2.75) is 32.2 Å². The minimum absolute atomic E-state index is 0.0564. The highest BCUT2D eigenvalue weighted by atomic mass is 35.5. The van der Waals surface area contributed by atoms with Gasteiger partial charge in [-0.15, -0.1) is 0 Å². The van der Waals surface area contributed by atoms with E-state index < -0.39 is 0 Å². The zero-order chi connectivity index (χ0) is 27.8. The summed E-state index contributed by atoms with van der Waals surface area (Å²) < 4.78 is 5.20. The Morgan fingerprint density at radius 2 is 1.90 bits per heavy atom. The number of fused-ring (bicyclic) bond motifs is 4. The van der Waals surface area contributed by atoms with E-state index in [-0.39, 0.29) is 23.4 Å². The predicted molar refractivity (Wildman–Crippen MR) is 152 cm³/mol. The molecule has 6 rings (SSSR count). The van der Waals surface area contributed by atoms with Gasteiger partial charge in [0, 0.05) is 53.8 Å². The molecule has 0 radical (unpaired) electrons. The van der Waals surface area contributed by atoms with Gasteiger partial charge < -0.3 is 9.88 Å². The summed E-state index contributed by atoms with van der Waals surface area (Å²) in [5.41, 5.74) is 4.83. The molecule has 1 N–H and O–H groups in total. The molecule has 1 aliphatic rings. The van der Waals surface area contributed by atoms with Crippen LogP contribution >= 0.6 is 11.6 Å². The first kappa shape index (κ1) is 25.7. The highest BCUT2D eigenvalue weighted by Crippen LogP contribution is 2.33. The molecule has 2 atom stereocenters. The Hall–Kier alpha value is -4.57. The Morgan fingerprint density at radius 1 is 1.02 bits per heavy atom. The topological polar surface area (TPSA) is 113 Å². The van der Waals surface area contributed by atoms with E-state index >= 15 is 0 Å². The lowest BCUT2D eigenvalue weighted by Gasteiger charge is -2.22. The number of rotatable bonds is 3. The van der Waals surface area contributed by atoms with Crippen molar-refractivity contribution in [2.75, 3.05) is 5.32 Å². The van der Waals surface area contributed by atoms with Crippen LogP contribution < -0.4 is 10.9 Å². The second-order valence-corrected chi connectivity index (χ2v) is 10.4. The Morgan fingerprint density at radius 3 is 2.70 bits per heavy atom. The molecule has 40 heavy (non-hydrogen) atoms. The maximum Gasteiger partial charge on any atom is 0.254 e. The molecule has 1 aromatic carbocycles. The molecule has 2 unspecified atom stereocenters. The van der Waals surface area contributed by atoms with Gasteiger partial charge in [-0.25, -0.2) is 9.97 Å². The number of imidazole rings is 1. The van der Waals surface area contributed by atoms with Gasteiger partial charge in [-0.2, -0.15) is 5.10 Å². The molecule has 2 bridgehead atoms. The smallest absolute Gasteiger partial charge is 0.254 e. The molecule has 0 saturated heterocycles. The number of amides is 1. The molecule has 0 spiro atoms. The minimum Gasteiger partial charge on any atom is -0.323 e. The number of aromatic nitrogens is 7. The fourth-order valence-electron chi connectivity index (χ4n) is 5.21. The summed E-state index contributed by atoms with van der Waals surface area (Å²) in [5, 5.41) is 7.93. The molecule has 4 aromatic heterocycles. The standard InChI is InChI=1S/C29H27ClN8O2/c1-18-4-3-5-26(23-12-19(8-9-32-23)28-24(35-29(18)40)15-34-36(28)2)38-17-33-22(14-27(38)39)21-13-20(30)6-7-25(21)37-11-10-31-16-37/h6-18,26H,3-5H2,1-2H3,(H,35,40). The summed E-state index contributed by atoms with van der Waals surface area (Å²) in [6, 6.07) is 10.5. The van der Waals surface area contributed by atoms with E-state index in [1.165, 1.54) is 6.07 Å². The van der Waals surface area contributed by atoms with Gasteiger partial charge in [-0.05, 0) is 43.2 Å². The van der Waals surface area contributed by atoms with Crippen molar-refractivity contribution in [1.82, 2.24) is 33.9 Å². The van der Waals surface area contributed by atoms with Crippen molar-refractivity contribution in [3.05, 3.63) is 94.9 Å². The van der Waals surface area contributed by atoms with Crippen LogP contribution in [0, 0.1) is 5.92 Å². The highest BCUT2D eigenvalue weighted by Gasteiger charge is 2.24. The summed E-state index contributed by atoms with van der Waals surface area (Å²) in [7, 11) is 1.83. The van der Waals surface area contributed by atoms with Gasteiger partial charge in [0.25, 0.3) is 5.56 Å². The average Bonchev–Trinajstić information content (AvgIpc) is 3.61. The predicted octanol–water partition coefficient (Wildman–Crippen LogP) is 4.89. The van der Waals surface area contributed by atoms with Gasteiger partial charge in [0.2, 0.25) is 5.91 Å². The molecule has 1 aliphatic heterocycles. The number of hydrogen-bond acceptors (Lipinski definition) is 6. The van der Waals surface area contributed by atoms with Gasteiger partial charge in [0.15, 0.2) is 0 Å². The van der Waals surface area contributed by atoms with Crippen LogP contribution in [-0.4, -0.2) is 39.8 Å². The third kappa shape index (κ3) is 4.82. The van der Waals surface area contributed by atoms with E-state index in [4.69, 9.17) is 16.6 Å². The number of halogens is 1. The first-order valence-electron chi connectivity index (χ1n) is 13.0. The molecule has 10 nitrogen and oxygen atoms in total. The number of nitrogens with one attached hydrogen (secondary N) is 1.